The van der Waals surface area contributed by atoms with Crippen LogP contribution in [0, 0.1) is 6.92 Å². The highest BCUT2D eigenvalue weighted by molar-refractivity contribution is 7.98. The maximum absolute atomic E-state index is 12.6. The Morgan fingerprint density at radius 3 is 2.61 bits per heavy atom. The molecule has 31 heavy (non-hydrogen) atoms. The number of para-hydroxylation sites is 1. The Kier molecular flexibility index (Phi) is 5.90. The van der Waals surface area contributed by atoms with Crippen molar-refractivity contribution in [1.82, 2.24) is 19.2 Å². The molecule has 4 rings (SSSR count). The second-order valence-electron chi connectivity index (χ2n) is 7.52. The maximum Gasteiger partial charge on any atom is 0.274 e. The van der Waals surface area contributed by atoms with Crippen LogP contribution in [0.4, 0.5) is 5.69 Å². The van der Waals surface area contributed by atoms with Crippen molar-refractivity contribution in [3.8, 4) is 0 Å². The lowest BCUT2D eigenvalue weighted by Gasteiger charge is -2.11. The molecule has 0 aliphatic heterocycles. The summed E-state index contributed by atoms with van der Waals surface area (Å²) < 4.78 is 3.24. The first-order chi connectivity index (χ1) is 14.9. The van der Waals surface area contributed by atoms with Crippen LogP contribution in [0.25, 0.3) is 5.78 Å². The van der Waals surface area contributed by atoms with Crippen LogP contribution in [0.3, 0.4) is 0 Å². The lowest BCUT2D eigenvalue weighted by Crippen LogP contribution is -2.22. The van der Waals surface area contributed by atoms with Crippen LogP contribution < -0.4 is 10.9 Å². The van der Waals surface area contributed by atoms with Gasteiger partial charge in [-0.15, -0.1) is 11.8 Å². The van der Waals surface area contributed by atoms with E-state index in [2.05, 4.69) is 15.3 Å². The van der Waals surface area contributed by atoms with Gasteiger partial charge < -0.3 is 5.32 Å². The van der Waals surface area contributed by atoms with E-state index in [0.29, 0.717) is 22.8 Å². The summed E-state index contributed by atoms with van der Waals surface area (Å²) in [6, 6.07) is 16.7. The number of hydrogen-bond donors (Lipinski definition) is 1. The number of benzene rings is 2. The molecule has 1 N–H and O–H groups in total. The van der Waals surface area contributed by atoms with Crippen molar-refractivity contribution in [1.29, 1.82) is 0 Å². The van der Waals surface area contributed by atoms with Crippen molar-refractivity contribution < 1.29 is 4.79 Å². The summed E-state index contributed by atoms with van der Waals surface area (Å²) in [5.74, 6) is 0.709. The zero-order valence-corrected chi connectivity index (χ0v) is 18.4. The number of anilines is 1. The van der Waals surface area contributed by atoms with E-state index in [1.54, 1.807) is 11.0 Å². The minimum Gasteiger partial charge on any atom is -0.321 e. The molecule has 0 atom stereocenters. The summed E-state index contributed by atoms with van der Waals surface area (Å²) in [6.45, 7) is 5.95. The molecule has 0 aliphatic rings. The number of rotatable bonds is 6. The van der Waals surface area contributed by atoms with Crippen LogP contribution in [0.2, 0.25) is 0 Å². The highest BCUT2D eigenvalue weighted by Gasteiger charge is 2.12. The molecule has 7 nitrogen and oxygen atoms in total. The van der Waals surface area contributed by atoms with Gasteiger partial charge in [-0.2, -0.15) is 9.50 Å². The highest BCUT2D eigenvalue weighted by atomic mass is 32.2. The van der Waals surface area contributed by atoms with Crippen molar-refractivity contribution in [3.63, 3.8) is 0 Å². The Bertz CT molecular complexity index is 1290. The number of nitrogens with one attached hydrogen (secondary N) is 1. The third-order valence-electron chi connectivity index (χ3n) is 4.81. The highest BCUT2D eigenvalue weighted by Crippen LogP contribution is 2.29. The number of fused-ring (bicyclic) bond motifs is 1. The first-order valence-electron chi connectivity index (χ1n) is 9.98. The minimum absolute atomic E-state index is 0.105. The molecule has 0 saturated carbocycles. The molecule has 158 valence electrons. The summed E-state index contributed by atoms with van der Waals surface area (Å²) in [7, 11) is 0. The molecule has 0 unspecified atom stereocenters. The van der Waals surface area contributed by atoms with Crippen LogP contribution >= 0.6 is 11.8 Å². The minimum atomic E-state index is -0.162. The summed E-state index contributed by atoms with van der Waals surface area (Å²) in [5.41, 5.74) is 2.91. The molecule has 2 aromatic heterocycles. The van der Waals surface area contributed by atoms with Crippen LogP contribution in [0.15, 0.2) is 70.6 Å². The van der Waals surface area contributed by atoms with Crippen molar-refractivity contribution >= 4 is 29.1 Å². The van der Waals surface area contributed by atoms with E-state index in [9.17, 15) is 9.59 Å². The molecule has 0 fully saturated rings. The monoisotopic (exact) mass is 433 g/mol. The number of nitrogens with zero attached hydrogens (tertiary/aromatic N) is 4. The van der Waals surface area contributed by atoms with E-state index in [4.69, 9.17) is 0 Å². The molecular formula is C23H23N5O2S. The van der Waals surface area contributed by atoms with Crippen LogP contribution in [0.5, 0.6) is 0 Å². The van der Waals surface area contributed by atoms with Crippen molar-refractivity contribution in [2.45, 2.75) is 37.5 Å². The van der Waals surface area contributed by atoms with E-state index < -0.39 is 0 Å². The van der Waals surface area contributed by atoms with E-state index in [-0.39, 0.29) is 17.5 Å². The van der Waals surface area contributed by atoms with Gasteiger partial charge >= 0.3 is 0 Å². The molecule has 4 aromatic rings. The van der Waals surface area contributed by atoms with E-state index >= 15 is 0 Å². The largest absolute Gasteiger partial charge is 0.321 e. The Morgan fingerprint density at radius 1 is 1.13 bits per heavy atom. The molecule has 1 amide bonds. The third-order valence-corrected chi connectivity index (χ3v) is 5.92. The van der Waals surface area contributed by atoms with Gasteiger partial charge in [-0.3, -0.25) is 14.3 Å². The molecule has 2 aromatic carbocycles. The van der Waals surface area contributed by atoms with Crippen LogP contribution in [-0.4, -0.2) is 25.1 Å². The summed E-state index contributed by atoms with van der Waals surface area (Å²) in [4.78, 5) is 34.9. The third kappa shape index (κ3) is 4.54. The Balaban J connectivity index is 1.52. The van der Waals surface area contributed by atoms with E-state index in [1.807, 2.05) is 69.3 Å². The summed E-state index contributed by atoms with van der Waals surface area (Å²) >= 11 is 1.51. The fourth-order valence-corrected chi connectivity index (χ4v) is 4.06. The van der Waals surface area contributed by atoms with Crippen LogP contribution in [0.1, 0.15) is 41.5 Å². The number of thioether (sulfide) groups is 1. The first-order valence-corrected chi connectivity index (χ1v) is 11.0. The number of carbonyl (C=O) groups excluding carboxylic acids is 1. The molecule has 0 saturated heterocycles. The van der Waals surface area contributed by atoms with Gasteiger partial charge in [0, 0.05) is 28.3 Å². The summed E-state index contributed by atoms with van der Waals surface area (Å²) in [6.07, 6.45) is 1.63. The zero-order chi connectivity index (χ0) is 22.0. The standard InChI is InChI=1S/C23H23N5O2S/c1-15(2)27-14-24-23-25-18(12-21(29)28(23)27)13-31-20-7-5-4-6-19(20)26-22(30)17-10-8-16(3)9-11-17/h4-12,14-15H,13H2,1-3H3,(H,26,30). The smallest absolute Gasteiger partial charge is 0.274 e. The van der Waals surface area contributed by atoms with Gasteiger partial charge in [0.2, 0.25) is 0 Å². The topological polar surface area (TPSA) is 81.3 Å². The molecule has 0 spiro atoms. The number of aryl methyl sites for hydroxylation is 1. The quantitative estimate of drug-likeness (QED) is 0.458. The molecule has 0 aliphatic carbocycles. The number of carbonyl (C=O) groups is 1. The second-order valence-corrected chi connectivity index (χ2v) is 8.54. The lowest BCUT2D eigenvalue weighted by atomic mass is 10.1. The van der Waals surface area contributed by atoms with E-state index in [0.717, 1.165) is 16.1 Å². The second kappa shape index (κ2) is 8.77. The lowest BCUT2D eigenvalue weighted by molar-refractivity contribution is 0.102. The number of hydrogen-bond acceptors (Lipinski definition) is 5. The molecule has 0 radical (unpaired) electrons. The van der Waals surface area contributed by atoms with E-state index in [1.165, 1.54) is 22.3 Å². The molecular weight excluding hydrogens is 410 g/mol. The van der Waals surface area contributed by atoms with Gasteiger partial charge in [0.05, 0.1) is 11.4 Å². The fourth-order valence-electron chi connectivity index (χ4n) is 3.16. The molecule has 8 heteroatoms. The van der Waals surface area contributed by atoms with Gasteiger partial charge in [-0.25, -0.2) is 4.98 Å². The number of amides is 1. The predicted octanol–water partition coefficient (Wildman–Crippen LogP) is 4.32. The van der Waals surface area contributed by atoms with Gasteiger partial charge in [0.15, 0.2) is 0 Å². The van der Waals surface area contributed by atoms with Gasteiger partial charge in [-0.1, -0.05) is 29.8 Å². The maximum atomic E-state index is 12.6. The van der Waals surface area contributed by atoms with Crippen LogP contribution in [-0.2, 0) is 5.75 Å². The Hall–Kier alpha value is -3.39. The van der Waals surface area contributed by atoms with Crippen molar-refractivity contribution in [3.05, 3.63) is 88.1 Å². The molecule has 0 bridgehead atoms. The van der Waals surface area contributed by atoms with Gasteiger partial charge in [0.25, 0.3) is 17.2 Å². The predicted molar refractivity (Wildman–Crippen MR) is 123 cm³/mol. The van der Waals surface area contributed by atoms with Crippen molar-refractivity contribution in [2.75, 3.05) is 5.32 Å². The Labute approximate surface area is 184 Å². The fraction of sp³-hybridized carbons (Fsp3) is 0.217. The SMILES string of the molecule is Cc1ccc(C(=O)Nc2ccccc2SCc2cc(=O)n3c(ncn3C(C)C)n2)cc1. The summed E-state index contributed by atoms with van der Waals surface area (Å²) in [5, 5.41) is 2.98. The van der Waals surface area contributed by atoms with Gasteiger partial charge in [0.1, 0.15) is 6.33 Å². The Morgan fingerprint density at radius 2 is 1.87 bits per heavy atom. The zero-order valence-electron chi connectivity index (χ0n) is 17.6. The average molecular weight is 434 g/mol. The molecule has 2 heterocycles. The normalized spacial score (nSPS) is 11.2. The average Bonchev–Trinajstić information content (AvgIpc) is 3.18. The first kappa shape index (κ1) is 20.9. The number of aromatic nitrogens is 4. The van der Waals surface area contributed by atoms with Gasteiger partial charge in [-0.05, 0) is 45.0 Å². The van der Waals surface area contributed by atoms with Crippen molar-refractivity contribution in [2.24, 2.45) is 0 Å².